The van der Waals surface area contributed by atoms with Crippen LogP contribution < -0.4 is 10.6 Å². The van der Waals surface area contributed by atoms with Crippen LogP contribution in [0.2, 0.25) is 0 Å². The lowest BCUT2D eigenvalue weighted by atomic mass is 10.3. The maximum absolute atomic E-state index is 11.9. The number of rotatable bonds is 11. The van der Waals surface area contributed by atoms with E-state index in [9.17, 15) is 4.79 Å². The van der Waals surface area contributed by atoms with Gasteiger partial charge in [-0.05, 0) is 32.9 Å². The molecule has 0 unspecified atom stereocenters. The molecule has 0 bridgehead atoms. The zero-order valence-electron chi connectivity index (χ0n) is 12.2. The van der Waals surface area contributed by atoms with Crippen molar-refractivity contribution in [1.82, 2.24) is 15.5 Å². The van der Waals surface area contributed by atoms with Crippen molar-refractivity contribution in [3.05, 3.63) is 12.2 Å². The molecule has 0 aliphatic heterocycles. The van der Waals surface area contributed by atoms with Gasteiger partial charge >= 0.3 is 0 Å². The molecule has 2 N–H and O–H groups in total. The van der Waals surface area contributed by atoms with Crippen LogP contribution in [-0.2, 0) is 4.79 Å². The van der Waals surface area contributed by atoms with Crippen LogP contribution in [0.1, 0.15) is 46.5 Å². The summed E-state index contributed by atoms with van der Waals surface area (Å²) in [4.78, 5) is 13.7. The third-order valence-electron chi connectivity index (χ3n) is 2.67. The van der Waals surface area contributed by atoms with Crippen LogP contribution in [-0.4, -0.2) is 37.2 Å². The number of nitrogens with one attached hydrogen (secondary N) is 2. The monoisotopic (exact) mass is 255 g/mol. The molecule has 4 nitrogen and oxygen atoms in total. The van der Waals surface area contributed by atoms with Gasteiger partial charge in [-0.3, -0.25) is 15.4 Å². The first-order chi connectivity index (χ1) is 8.63. The predicted molar refractivity (Wildman–Crippen MR) is 77.2 cm³/mol. The van der Waals surface area contributed by atoms with Gasteiger partial charge in [0.1, 0.15) is 0 Å². The molecule has 0 aliphatic carbocycles. The fourth-order valence-corrected chi connectivity index (χ4v) is 1.50. The lowest BCUT2D eigenvalue weighted by Gasteiger charge is -2.23. The van der Waals surface area contributed by atoms with E-state index in [1.54, 1.807) is 11.8 Å². The van der Waals surface area contributed by atoms with E-state index >= 15 is 0 Å². The summed E-state index contributed by atoms with van der Waals surface area (Å²) in [6.45, 7) is 12.9. The Morgan fingerprint density at radius 3 is 1.83 bits per heavy atom. The first-order valence-electron chi connectivity index (χ1n) is 6.99. The zero-order valence-corrected chi connectivity index (χ0v) is 12.2. The van der Waals surface area contributed by atoms with Crippen molar-refractivity contribution in [2.75, 3.05) is 26.4 Å². The maximum atomic E-state index is 11.9. The number of amides is 1. The summed E-state index contributed by atoms with van der Waals surface area (Å²) < 4.78 is 0. The van der Waals surface area contributed by atoms with E-state index in [2.05, 4.69) is 31.1 Å². The normalized spacial score (nSPS) is 10.4. The van der Waals surface area contributed by atoms with E-state index < -0.39 is 0 Å². The van der Waals surface area contributed by atoms with Crippen LogP contribution in [0, 0.1) is 0 Å². The summed E-state index contributed by atoms with van der Waals surface area (Å²) >= 11 is 0. The Morgan fingerprint density at radius 1 is 1.06 bits per heavy atom. The topological polar surface area (TPSA) is 44.4 Å². The fourth-order valence-electron chi connectivity index (χ4n) is 1.50. The van der Waals surface area contributed by atoms with Crippen LogP contribution in [0.5, 0.6) is 0 Å². The van der Waals surface area contributed by atoms with E-state index in [0.29, 0.717) is 18.9 Å². The zero-order chi connectivity index (χ0) is 13.8. The third-order valence-corrected chi connectivity index (χ3v) is 2.67. The number of carbonyl (C=O) groups excluding carboxylic acids is 1. The summed E-state index contributed by atoms with van der Waals surface area (Å²) in [5.74, 6) is 0.0167. The van der Waals surface area contributed by atoms with Crippen LogP contribution in [0.15, 0.2) is 12.2 Å². The Hall–Kier alpha value is -0.870. The van der Waals surface area contributed by atoms with Crippen LogP contribution in [0.25, 0.3) is 0 Å². The van der Waals surface area contributed by atoms with Crippen LogP contribution >= 0.6 is 0 Å². The third kappa shape index (κ3) is 8.25. The molecule has 0 aromatic carbocycles. The first-order valence-corrected chi connectivity index (χ1v) is 6.99. The molecule has 4 heteroatoms. The highest BCUT2D eigenvalue weighted by atomic mass is 16.2. The molecular weight excluding hydrogens is 226 g/mol. The molecule has 0 heterocycles. The van der Waals surface area contributed by atoms with Crippen LogP contribution in [0.3, 0.4) is 0 Å². The molecule has 0 saturated heterocycles. The average Bonchev–Trinajstić information content (AvgIpc) is 2.36. The Kier molecular flexibility index (Phi) is 10.7. The van der Waals surface area contributed by atoms with E-state index in [0.717, 1.165) is 38.8 Å². The molecule has 0 atom stereocenters. The molecule has 106 valence electrons. The highest BCUT2D eigenvalue weighted by Crippen LogP contribution is 1.97. The lowest BCUT2D eigenvalue weighted by molar-refractivity contribution is -0.127. The minimum absolute atomic E-state index is 0.0167. The average molecular weight is 255 g/mol. The second-order valence-corrected chi connectivity index (χ2v) is 4.65. The Balaban J connectivity index is 4.00. The smallest absolute Gasteiger partial charge is 0.250 e. The van der Waals surface area contributed by atoms with Gasteiger partial charge < -0.3 is 4.90 Å². The maximum Gasteiger partial charge on any atom is 0.250 e. The van der Waals surface area contributed by atoms with Gasteiger partial charge in [0.15, 0.2) is 0 Å². The molecule has 0 saturated carbocycles. The van der Waals surface area contributed by atoms with Gasteiger partial charge in [-0.1, -0.05) is 33.3 Å². The van der Waals surface area contributed by atoms with E-state index in [1.807, 2.05) is 0 Å². The summed E-state index contributed by atoms with van der Waals surface area (Å²) in [7, 11) is 0. The first kappa shape index (κ1) is 17.1. The van der Waals surface area contributed by atoms with Gasteiger partial charge in [-0.25, -0.2) is 0 Å². The molecule has 0 aromatic heterocycles. The van der Waals surface area contributed by atoms with Crippen molar-refractivity contribution in [2.45, 2.75) is 46.5 Å². The molecule has 0 radical (unpaired) electrons. The van der Waals surface area contributed by atoms with Crippen LogP contribution in [0.4, 0.5) is 0 Å². The SMILES string of the molecule is C=C(C)C(=O)N(CNCCCC)CNCCCC. The number of hydrogen-bond donors (Lipinski definition) is 2. The Bertz CT molecular complexity index is 229. The molecule has 1 amide bonds. The number of unbranched alkanes of at least 4 members (excludes halogenated alkanes) is 2. The van der Waals surface area contributed by atoms with Crippen molar-refractivity contribution in [2.24, 2.45) is 0 Å². The van der Waals surface area contributed by atoms with Gasteiger partial charge in [0.2, 0.25) is 0 Å². The summed E-state index contributed by atoms with van der Waals surface area (Å²) in [5.41, 5.74) is 0.588. The molecule has 0 rings (SSSR count). The number of hydrogen-bond acceptors (Lipinski definition) is 3. The second-order valence-electron chi connectivity index (χ2n) is 4.65. The Labute approximate surface area is 112 Å². The minimum Gasteiger partial charge on any atom is -0.313 e. The van der Waals surface area contributed by atoms with Gasteiger partial charge in [0.05, 0.1) is 13.3 Å². The largest absolute Gasteiger partial charge is 0.313 e. The second kappa shape index (κ2) is 11.2. The molecule has 0 spiro atoms. The molecule has 0 aromatic rings. The highest BCUT2D eigenvalue weighted by Gasteiger charge is 2.12. The van der Waals surface area contributed by atoms with Gasteiger partial charge in [-0.2, -0.15) is 0 Å². The molecule has 0 fully saturated rings. The van der Waals surface area contributed by atoms with Crippen molar-refractivity contribution >= 4 is 5.91 Å². The lowest BCUT2D eigenvalue weighted by Crippen LogP contribution is -2.44. The Morgan fingerprint density at radius 2 is 1.50 bits per heavy atom. The van der Waals surface area contributed by atoms with Gasteiger partial charge in [0, 0.05) is 5.57 Å². The number of carbonyl (C=O) groups is 1. The molecule has 18 heavy (non-hydrogen) atoms. The van der Waals surface area contributed by atoms with E-state index in [1.165, 1.54) is 0 Å². The van der Waals surface area contributed by atoms with E-state index in [4.69, 9.17) is 0 Å². The van der Waals surface area contributed by atoms with Crippen molar-refractivity contribution < 1.29 is 4.79 Å². The standard InChI is InChI=1S/C14H29N3O/c1-5-7-9-15-11-17(14(18)13(3)4)12-16-10-8-6-2/h15-16H,3,5-12H2,1-2,4H3. The fraction of sp³-hybridized carbons (Fsp3) is 0.786. The van der Waals surface area contributed by atoms with Crippen molar-refractivity contribution in [3.8, 4) is 0 Å². The predicted octanol–water partition coefficient (Wildman–Crippen LogP) is 2.09. The molecule has 0 aliphatic rings. The van der Waals surface area contributed by atoms with E-state index in [-0.39, 0.29) is 5.91 Å². The van der Waals surface area contributed by atoms with Gasteiger partial charge in [-0.15, -0.1) is 0 Å². The highest BCUT2D eigenvalue weighted by molar-refractivity contribution is 5.92. The minimum atomic E-state index is 0.0167. The summed E-state index contributed by atoms with van der Waals surface area (Å²) in [6, 6.07) is 0. The molecular formula is C14H29N3O. The number of nitrogens with zero attached hydrogens (tertiary/aromatic N) is 1. The van der Waals surface area contributed by atoms with Gasteiger partial charge in [0.25, 0.3) is 5.91 Å². The van der Waals surface area contributed by atoms with Crippen molar-refractivity contribution in [1.29, 1.82) is 0 Å². The quantitative estimate of drug-likeness (QED) is 0.337. The summed E-state index contributed by atoms with van der Waals surface area (Å²) in [6.07, 6.45) is 4.60. The summed E-state index contributed by atoms with van der Waals surface area (Å²) in [5, 5.41) is 6.57. The van der Waals surface area contributed by atoms with Crippen molar-refractivity contribution in [3.63, 3.8) is 0 Å².